The van der Waals surface area contributed by atoms with E-state index in [2.05, 4.69) is 5.92 Å². The van der Waals surface area contributed by atoms with Gasteiger partial charge < -0.3 is 19.3 Å². The van der Waals surface area contributed by atoms with E-state index in [4.69, 9.17) is 25.7 Å². The van der Waals surface area contributed by atoms with Crippen LogP contribution in [-0.4, -0.2) is 50.1 Å². The summed E-state index contributed by atoms with van der Waals surface area (Å²) in [4.78, 5) is 21.4. The van der Waals surface area contributed by atoms with Crippen molar-refractivity contribution in [2.45, 2.75) is 25.7 Å². The summed E-state index contributed by atoms with van der Waals surface area (Å²) in [5.74, 6) is 1.14. The fourth-order valence-electron chi connectivity index (χ4n) is 1.18. The SMILES string of the molecule is C#CCOCCOCCOC(=O)CCCCC(=O)O. The minimum absolute atomic E-state index is 0.0774. The Morgan fingerprint density at radius 2 is 1.63 bits per heavy atom. The van der Waals surface area contributed by atoms with Crippen molar-refractivity contribution >= 4 is 11.9 Å². The number of terminal acetylenes is 1. The number of aliphatic carboxylic acids is 1. The normalized spacial score (nSPS) is 9.84. The summed E-state index contributed by atoms with van der Waals surface area (Å²) in [6.45, 7) is 1.56. The lowest BCUT2D eigenvalue weighted by atomic mass is 10.2. The molecule has 6 heteroatoms. The number of rotatable bonds is 12. The van der Waals surface area contributed by atoms with Gasteiger partial charge in [0.05, 0.1) is 19.8 Å². The van der Waals surface area contributed by atoms with Gasteiger partial charge in [-0.1, -0.05) is 5.92 Å². The van der Waals surface area contributed by atoms with Crippen LogP contribution in [0, 0.1) is 12.3 Å². The highest BCUT2D eigenvalue weighted by atomic mass is 16.6. The van der Waals surface area contributed by atoms with Crippen molar-refractivity contribution in [3.63, 3.8) is 0 Å². The Bertz CT molecular complexity index is 294. The van der Waals surface area contributed by atoms with Crippen molar-refractivity contribution < 1.29 is 28.9 Å². The van der Waals surface area contributed by atoms with Gasteiger partial charge in [0.25, 0.3) is 0 Å². The average Bonchev–Trinajstić information content (AvgIpc) is 2.37. The summed E-state index contributed by atoms with van der Waals surface area (Å²) in [7, 11) is 0. The molecule has 0 aliphatic carbocycles. The number of carbonyl (C=O) groups excluding carboxylic acids is 1. The fraction of sp³-hybridized carbons (Fsp3) is 0.692. The second-order valence-corrected chi connectivity index (χ2v) is 3.69. The third kappa shape index (κ3) is 14.4. The van der Waals surface area contributed by atoms with Gasteiger partial charge >= 0.3 is 11.9 Å². The maximum Gasteiger partial charge on any atom is 0.305 e. The smallest absolute Gasteiger partial charge is 0.305 e. The number of hydrogen-bond donors (Lipinski definition) is 1. The van der Waals surface area contributed by atoms with Gasteiger partial charge in [-0.3, -0.25) is 9.59 Å². The molecule has 6 nitrogen and oxygen atoms in total. The Kier molecular flexibility index (Phi) is 11.8. The Hall–Kier alpha value is -1.58. The summed E-state index contributed by atoms with van der Waals surface area (Å²) >= 11 is 0. The van der Waals surface area contributed by atoms with Crippen molar-refractivity contribution in [3.05, 3.63) is 0 Å². The fourth-order valence-corrected chi connectivity index (χ4v) is 1.18. The van der Waals surface area contributed by atoms with Gasteiger partial charge in [0, 0.05) is 12.8 Å². The molecule has 0 spiro atoms. The van der Waals surface area contributed by atoms with E-state index in [-0.39, 0.29) is 32.0 Å². The topological polar surface area (TPSA) is 82.1 Å². The zero-order valence-electron chi connectivity index (χ0n) is 10.9. The maximum absolute atomic E-state index is 11.2. The summed E-state index contributed by atoms with van der Waals surface area (Å²) in [6.07, 6.45) is 6.30. The first-order valence-electron chi connectivity index (χ1n) is 6.13. The zero-order valence-corrected chi connectivity index (χ0v) is 10.9. The molecule has 0 rings (SSSR count). The van der Waals surface area contributed by atoms with E-state index in [1.807, 2.05) is 0 Å². The van der Waals surface area contributed by atoms with Gasteiger partial charge in [-0.2, -0.15) is 0 Å². The highest BCUT2D eigenvalue weighted by molar-refractivity contribution is 5.69. The first-order chi connectivity index (χ1) is 9.16. The molecule has 0 fully saturated rings. The van der Waals surface area contributed by atoms with E-state index in [0.29, 0.717) is 32.7 Å². The van der Waals surface area contributed by atoms with Gasteiger partial charge in [-0.15, -0.1) is 6.42 Å². The molecule has 108 valence electrons. The Balaban J connectivity index is 3.21. The molecule has 0 heterocycles. The zero-order chi connectivity index (χ0) is 14.3. The quantitative estimate of drug-likeness (QED) is 0.322. The standard InChI is InChI=1S/C13H20O6/c1-2-7-17-8-9-18-10-11-19-13(16)6-4-3-5-12(14)15/h1H,3-11H2,(H,14,15). The van der Waals surface area contributed by atoms with Crippen molar-refractivity contribution in [2.24, 2.45) is 0 Å². The van der Waals surface area contributed by atoms with Crippen LogP contribution >= 0.6 is 0 Å². The highest BCUT2D eigenvalue weighted by Gasteiger charge is 2.03. The van der Waals surface area contributed by atoms with E-state index in [0.717, 1.165) is 0 Å². The second kappa shape index (κ2) is 12.9. The second-order valence-electron chi connectivity index (χ2n) is 3.69. The van der Waals surface area contributed by atoms with Crippen LogP contribution < -0.4 is 0 Å². The summed E-state index contributed by atoms with van der Waals surface area (Å²) in [5.41, 5.74) is 0. The predicted molar refractivity (Wildman–Crippen MR) is 67.5 cm³/mol. The van der Waals surface area contributed by atoms with E-state index >= 15 is 0 Å². The first-order valence-corrected chi connectivity index (χ1v) is 6.13. The van der Waals surface area contributed by atoms with Crippen LogP contribution in [0.5, 0.6) is 0 Å². The predicted octanol–water partition coefficient (Wildman–Crippen LogP) is 0.841. The molecule has 0 saturated carbocycles. The molecule has 0 saturated heterocycles. The van der Waals surface area contributed by atoms with Crippen LogP contribution in [0.25, 0.3) is 0 Å². The number of esters is 1. The van der Waals surface area contributed by atoms with Crippen LogP contribution in [0.1, 0.15) is 25.7 Å². The van der Waals surface area contributed by atoms with Gasteiger partial charge in [0.15, 0.2) is 0 Å². The highest BCUT2D eigenvalue weighted by Crippen LogP contribution is 2.01. The Labute approximate surface area is 113 Å². The van der Waals surface area contributed by atoms with Gasteiger partial charge in [0.1, 0.15) is 13.2 Å². The first kappa shape index (κ1) is 17.4. The van der Waals surface area contributed by atoms with Crippen LogP contribution in [0.2, 0.25) is 0 Å². The van der Waals surface area contributed by atoms with E-state index in [1.165, 1.54) is 0 Å². The number of carboxylic acid groups (broad SMARTS) is 1. The molecule has 0 aliphatic rings. The lowest BCUT2D eigenvalue weighted by molar-refractivity contribution is -0.146. The van der Waals surface area contributed by atoms with Crippen molar-refractivity contribution in [1.82, 2.24) is 0 Å². The molecule has 0 radical (unpaired) electrons. The molecule has 0 atom stereocenters. The minimum Gasteiger partial charge on any atom is -0.481 e. The van der Waals surface area contributed by atoms with Gasteiger partial charge in [0.2, 0.25) is 0 Å². The van der Waals surface area contributed by atoms with Crippen LogP contribution in [0.3, 0.4) is 0 Å². The molecule has 19 heavy (non-hydrogen) atoms. The summed E-state index contributed by atoms with van der Waals surface area (Å²) in [5, 5.41) is 8.40. The molecule has 0 unspecified atom stereocenters. The van der Waals surface area contributed by atoms with Crippen LogP contribution in [0.15, 0.2) is 0 Å². The maximum atomic E-state index is 11.2. The van der Waals surface area contributed by atoms with Gasteiger partial charge in [-0.25, -0.2) is 0 Å². The average molecular weight is 272 g/mol. The molecule has 0 aliphatic heterocycles. The van der Waals surface area contributed by atoms with E-state index in [9.17, 15) is 9.59 Å². The molecule has 0 aromatic rings. The van der Waals surface area contributed by atoms with Crippen molar-refractivity contribution in [2.75, 3.05) is 33.0 Å². The van der Waals surface area contributed by atoms with Crippen molar-refractivity contribution in [1.29, 1.82) is 0 Å². The summed E-state index contributed by atoms with van der Waals surface area (Å²) in [6, 6.07) is 0. The van der Waals surface area contributed by atoms with Crippen LogP contribution in [0.4, 0.5) is 0 Å². The molecular formula is C13H20O6. The minimum atomic E-state index is -0.853. The lowest BCUT2D eigenvalue weighted by Crippen LogP contribution is -2.12. The Morgan fingerprint density at radius 1 is 1.00 bits per heavy atom. The number of carbonyl (C=O) groups is 2. The lowest BCUT2D eigenvalue weighted by Gasteiger charge is -2.06. The molecule has 0 aromatic heterocycles. The van der Waals surface area contributed by atoms with Gasteiger partial charge in [-0.05, 0) is 12.8 Å². The summed E-state index contributed by atoms with van der Waals surface area (Å²) < 4.78 is 15.0. The number of carboxylic acids is 1. The van der Waals surface area contributed by atoms with Crippen molar-refractivity contribution in [3.8, 4) is 12.3 Å². The third-order valence-corrected chi connectivity index (χ3v) is 2.07. The monoisotopic (exact) mass is 272 g/mol. The van der Waals surface area contributed by atoms with E-state index in [1.54, 1.807) is 0 Å². The number of ether oxygens (including phenoxy) is 3. The van der Waals surface area contributed by atoms with E-state index < -0.39 is 5.97 Å². The number of hydrogen-bond acceptors (Lipinski definition) is 5. The number of unbranched alkanes of at least 4 members (excludes halogenated alkanes) is 1. The van der Waals surface area contributed by atoms with Crippen LogP contribution in [-0.2, 0) is 23.8 Å². The third-order valence-electron chi connectivity index (χ3n) is 2.07. The Morgan fingerprint density at radius 3 is 2.32 bits per heavy atom. The largest absolute Gasteiger partial charge is 0.481 e. The molecule has 1 N–H and O–H groups in total. The molecule has 0 amide bonds. The molecule has 0 aromatic carbocycles. The molecule has 0 bridgehead atoms. The molecular weight excluding hydrogens is 252 g/mol.